The van der Waals surface area contributed by atoms with Gasteiger partial charge in [0, 0.05) is 18.8 Å². The lowest BCUT2D eigenvalue weighted by Gasteiger charge is -2.26. The first-order valence-corrected chi connectivity index (χ1v) is 5.68. The van der Waals surface area contributed by atoms with E-state index in [1.54, 1.807) is 6.20 Å². The van der Waals surface area contributed by atoms with Crippen LogP contribution >= 0.6 is 27.5 Å². The second kappa shape index (κ2) is 4.94. The summed E-state index contributed by atoms with van der Waals surface area (Å²) in [5.74, 6) is 0.850. The van der Waals surface area contributed by atoms with E-state index in [1.165, 1.54) is 0 Å². The van der Waals surface area contributed by atoms with Crippen molar-refractivity contribution in [3.8, 4) is 0 Å². The maximum atomic E-state index is 5.75. The Labute approximate surface area is 97.6 Å². The van der Waals surface area contributed by atoms with Gasteiger partial charge in [0.1, 0.15) is 5.82 Å². The van der Waals surface area contributed by atoms with Crippen molar-refractivity contribution in [2.75, 3.05) is 11.4 Å². The van der Waals surface area contributed by atoms with E-state index in [9.17, 15) is 0 Å². The van der Waals surface area contributed by atoms with Crippen molar-refractivity contribution in [1.29, 1.82) is 0 Å². The van der Waals surface area contributed by atoms with Gasteiger partial charge in [0.15, 0.2) is 0 Å². The van der Waals surface area contributed by atoms with Gasteiger partial charge in [-0.2, -0.15) is 4.98 Å². The van der Waals surface area contributed by atoms with Gasteiger partial charge < -0.3 is 4.90 Å². The van der Waals surface area contributed by atoms with Crippen LogP contribution in [-0.2, 0) is 0 Å². The summed E-state index contributed by atoms with van der Waals surface area (Å²) in [6.07, 6.45) is 1.68. The molecule has 0 aliphatic rings. The van der Waals surface area contributed by atoms with E-state index in [-0.39, 0.29) is 5.28 Å². The van der Waals surface area contributed by atoms with Crippen LogP contribution in [0.15, 0.2) is 10.7 Å². The highest BCUT2D eigenvalue weighted by Crippen LogP contribution is 2.25. The summed E-state index contributed by atoms with van der Waals surface area (Å²) in [4.78, 5) is 10.2. The minimum Gasteiger partial charge on any atom is -0.353 e. The quantitative estimate of drug-likeness (QED) is 0.796. The highest BCUT2D eigenvalue weighted by Gasteiger charge is 2.13. The molecule has 0 aliphatic heterocycles. The zero-order valence-corrected chi connectivity index (χ0v) is 10.8. The number of anilines is 1. The number of halogens is 2. The fraction of sp³-hybridized carbons (Fsp3) is 0.556. The zero-order chi connectivity index (χ0) is 10.7. The Hall–Kier alpha value is -0.350. The number of nitrogens with zero attached hydrogens (tertiary/aromatic N) is 3. The van der Waals surface area contributed by atoms with Crippen LogP contribution in [0.4, 0.5) is 5.82 Å². The van der Waals surface area contributed by atoms with Crippen molar-refractivity contribution in [3.63, 3.8) is 0 Å². The van der Waals surface area contributed by atoms with Crippen LogP contribution in [0.2, 0.25) is 5.28 Å². The Morgan fingerprint density at radius 3 is 2.71 bits per heavy atom. The maximum Gasteiger partial charge on any atom is 0.224 e. The van der Waals surface area contributed by atoms with Gasteiger partial charge in [-0.15, -0.1) is 0 Å². The standard InChI is InChI=1S/C9H13BrClN3/c1-4-14(6(2)3)8-7(10)5-12-9(11)13-8/h5-6H,4H2,1-3H3. The van der Waals surface area contributed by atoms with E-state index < -0.39 is 0 Å². The van der Waals surface area contributed by atoms with Crippen LogP contribution in [0.3, 0.4) is 0 Å². The van der Waals surface area contributed by atoms with Crippen molar-refractivity contribution >= 4 is 33.3 Å². The second-order valence-electron chi connectivity index (χ2n) is 3.19. The molecule has 1 aromatic heterocycles. The summed E-state index contributed by atoms with van der Waals surface area (Å²) in [6, 6.07) is 0.391. The Bertz CT molecular complexity index is 317. The lowest BCUT2D eigenvalue weighted by molar-refractivity contribution is 0.690. The van der Waals surface area contributed by atoms with Crippen molar-refractivity contribution in [3.05, 3.63) is 16.0 Å². The SMILES string of the molecule is CCN(c1nc(Cl)ncc1Br)C(C)C. The van der Waals surface area contributed by atoms with E-state index in [4.69, 9.17) is 11.6 Å². The number of hydrogen-bond acceptors (Lipinski definition) is 3. The summed E-state index contributed by atoms with van der Waals surface area (Å²) in [7, 11) is 0. The van der Waals surface area contributed by atoms with Gasteiger partial charge in [-0.1, -0.05) is 0 Å². The Morgan fingerprint density at radius 1 is 1.57 bits per heavy atom. The van der Waals surface area contributed by atoms with Crippen LogP contribution < -0.4 is 4.90 Å². The fourth-order valence-corrected chi connectivity index (χ4v) is 1.85. The summed E-state index contributed by atoms with van der Waals surface area (Å²) in [5, 5.41) is 0.280. The zero-order valence-electron chi connectivity index (χ0n) is 8.46. The van der Waals surface area contributed by atoms with Gasteiger partial charge in [0.25, 0.3) is 0 Å². The Morgan fingerprint density at radius 2 is 2.21 bits per heavy atom. The molecule has 0 radical (unpaired) electrons. The van der Waals surface area contributed by atoms with Gasteiger partial charge in [-0.25, -0.2) is 4.98 Å². The molecule has 0 bridgehead atoms. The molecule has 0 fully saturated rings. The normalized spacial score (nSPS) is 10.7. The largest absolute Gasteiger partial charge is 0.353 e. The Kier molecular flexibility index (Phi) is 4.13. The van der Waals surface area contributed by atoms with Gasteiger partial charge >= 0.3 is 0 Å². The fourth-order valence-electron chi connectivity index (χ4n) is 1.30. The number of rotatable bonds is 3. The molecular weight excluding hydrogens is 265 g/mol. The number of hydrogen-bond donors (Lipinski definition) is 0. The van der Waals surface area contributed by atoms with Gasteiger partial charge in [0.2, 0.25) is 5.28 Å². The molecule has 0 atom stereocenters. The molecular formula is C9H13BrClN3. The molecule has 0 amide bonds. The van der Waals surface area contributed by atoms with Gasteiger partial charge in [0.05, 0.1) is 4.47 Å². The molecule has 14 heavy (non-hydrogen) atoms. The molecule has 3 nitrogen and oxygen atoms in total. The monoisotopic (exact) mass is 277 g/mol. The van der Waals surface area contributed by atoms with Crippen molar-refractivity contribution in [2.45, 2.75) is 26.8 Å². The number of aromatic nitrogens is 2. The molecule has 0 spiro atoms. The first-order chi connectivity index (χ1) is 6.56. The Balaban J connectivity index is 3.08. The lowest BCUT2D eigenvalue weighted by Crippen LogP contribution is -2.31. The first-order valence-electron chi connectivity index (χ1n) is 4.51. The van der Waals surface area contributed by atoms with Crippen LogP contribution in [0.1, 0.15) is 20.8 Å². The second-order valence-corrected chi connectivity index (χ2v) is 4.38. The third kappa shape index (κ3) is 2.58. The van der Waals surface area contributed by atoms with Gasteiger partial charge in [-0.3, -0.25) is 0 Å². The summed E-state index contributed by atoms with van der Waals surface area (Å²) in [5.41, 5.74) is 0. The topological polar surface area (TPSA) is 29.0 Å². The first kappa shape index (κ1) is 11.7. The smallest absolute Gasteiger partial charge is 0.224 e. The predicted octanol–water partition coefficient (Wildman–Crippen LogP) is 3.13. The van der Waals surface area contributed by atoms with E-state index in [2.05, 4.69) is 51.6 Å². The molecule has 0 saturated carbocycles. The molecule has 1 rings (SSSR count). The van der Waals surface area contributed by atoms with Crippen LogP contribution in [0.25, 0.3) is 0 Å². The van der Waals surface area contributed by atoms with Crippen LogP contribution in [0, 0.1) is 0 Å². The van der Waals surface area contributed by atoms with E-state index in [1.807, 2.05) is 0 Å². The summed E-state index contributed by atoms with van der Waals surface area (Å²) in [6.45, 7) is 7.21. The maximum absolute atomic E-state index is 5.75. The third-order valence-electron chi connectivity index (χ3n) is 1.93. The van der Waals surface area contributed by atoms with Crippen molar-refractivity contribution in [2.24, 2.45) is 0 Å². The highest BCUT2D eigenvalue weighted by molar-refractivity contribution is 9.10. The minimum atomic E-state index is 0.280. The lowest BCUT2D eigenvalue weighted by atomic mass is 10.3. The van der Waals surface area contributed by atoms with E-state index in [0.29, 0.717) is 6.04 Å². The molecule has 0 saturated heterocycles. The third-order valence-corrected chi connectivity index (χ3v) is 2.67. The van der Waals surface area contributed by atoms with Crippen molar-refractivity contribution < 1.29 is 0 Å². The average Bonchev–Trinajstić information content (AvgIpc) is 2.11. The summed E-state index contributed by atoms with van der Waals surface area (Å²) < 4.78 is 0.873. The molecule has 78 valence electrons. The minimum absolute atomic E-state index is 0.280. The van der Waals surface area contributed by atoms with E-state index in [0.717, 1.165) is 16.8 Å². The van der Waals surface area contributed by atoms with E-state index >= 15 is 0 Å². The molecule has 0 unspecified atom stereocenters. The predicted molar refractivity (Wildman–Crippen MR) is 62.9 cm³/mol. The van der Waals surface area contributed by atoms with Crippen LogP contribution in [-0.4, -0.2) is 22.6 Å². The molecule has 0 aliphatic carbocycles. The molecule has 1 heterocycles. The molecule has 1 aromatic rings. The average molecular weight is 279 g/mol. The van der Waals surface area contributed by atoms with Crippen LogP contribution in [0.5, 0.6) is 0 Å². The summed E-state index contributed by atoms with van der Waals surface area (Å²) >= 11 is 9.17. The highest BCUT2D eigenvalue weighted by atomic mass is 79.9. The molecule has 0 N–H and O–H groups in total. The molecule has 5 heteroatoms. The van der Waals surface area contributed by atoms with Crippen molar-refractivity contribution in [1.82, 2.24) is 9.97 Å². The molecule has 0 aromatic carbocycles. The van der Waals surface area contributed by atoms with Gasteiger partial charge in [-0.05, 0) is 48.3 Å².